The van der Waals surface area contributed by atoms with Gasteiger partial charge < -0.3 is 14.9 Å². The Labute approximate surface area is 98.5 Å². The molecule has 2 rings (SSSR count). The fourth-order valence-corrected chi connectivity index (χ4v) is 1.49. The van der Waals surface area contributed by atoms with Crippen LogP contribution in [0, 0.1) is 0 Å². The van der Waals surface area contributed by atoms with E-state index in [1.165, 1.54) is 13.3 Å². The molecule has 0 amide bonds. The molecule has 1 aromatic heterocycles. The van der Waals surface area contributed by atoms with E-state index in [0.29, 0.717) is 30.1 Å². The van der Waals surface area contributed by atoms with Gasteiger partial charge in [0.2, 0.25) is 0 Å². The van der Waals surface area contributed by atoms with Crippen LogP contribution in [0.4, 0.5) is 5.82 Å². The van der Waals surface area contributed by atoms with Crippen LogP contribution < -0.4 is 10.2 Å². The van der Waals surface area contributed by atoms with Crippen molar-refractivity contribution in [1.29, 1.82) is 0 Å². The van der Waals surface area contributed by atoms with Crippen molar-refractivity contribution in [2.75, 3.05) is 38.8 Å². The summed E-state index contributed by atoms with van der Waals surface area (Å²) in [4.78, 5) is 8.03. The highest BCUT2D eigenvalue weighted by Crippen LogP contribution is 2.20. The van der Waals surface area contributed by atoms with Gasteiger partial charge >= 0.3 is 6.01 Å². The number of morpholine rings is 1. The topological polar surface area (TPSA) is 59.5 Å². The van der Waals surface area contributed by atoms with Crippen molar-refractivity contribution in [1.82, 2.24) is 15.0 Å². The van der Waals surface area contributed by atoms with Gasteiger partial charge in [-0.1, -0.05) is 11.6 Å². The largest absolute Gasteiger partial charge is 0.467 e. The van der Waals surface area contributed by atoms with Crippen molar-refractivity contribution in [2.24, 2.45) is 0 Å². The van der Waals surface area contributed by atoms with E-state index in [1.54, 1.807) is 0 Å². The van der Waals surface area contributed by atoms with E-state index < -0.39 is 0 Å². The van der Waals surface area contributed by atoms with E-state index in [1.807, 2.05) is 5.01 Å². The Hall–Kier alpha value is -1.11. The molecule has 0 spiro atoms. The zero-order valence-electron chi connectivity index (χ0n) is 8.94. The van der Waals surface area contributed by atoms with E-state index in [9.17, 15) is 0 Å². The molecule has 88 valence electrons. The summed E-state index contributed by atoms with van der Waals surface area (Å²) in [7, 11) is 1.52. The third-order valence-electron chi connectivity index (χ3n) is 2.18. The maximum Gasteiger partial charge on any atom is 0.318 e. The lowest BCUT2D eigenvalue weighted by atomic mass is 10.5. The monoisotopic (exact) mass is 244 g/mol. The van der Waals surface area contributed by atoms with E-state index >= 15 is 0 Å². The lowest BCUT2D eigenvalue weighted by molar-refractivity contribution is 0.0494. The second-order valence-corrected chi connectivity index (χ2v) is 3.67. The normalized spacial score (nSPS) is 17.1. The highest BCUT2D eigenvalue weighted by Gasteiger charge is 2.13. The minimum absolute atomic E-state index is 0.292. The third-order valence-corrected chi connectivity index (χ3v) is 2.46. The van der Waals surface area contributed by atoms with Gasteiger partial charge in [-0.15, -0.1) is 0 Å². The van der Waals surface area contributed by atoms with Gasteiger partial charge in [0.05, 0.1) is 26.5 Å². The number of hydrazine groups is 1. The number of nitrogens with zero attached hydrogens (tertiary/aromatic N) is 3. The molecule has 1 fully saturated rings. The first-order valence-electron chi connectivity index (χ1n) is 4.95. The van der Waals surface area contributed by atoms with Crippen molar-refractivity contribution < 1.29 is 9.47 Å². The molecule has 0 aromatic carbocycles. The fourth-order valence-electron chi connectivity index (χ4n) is 1.35. The van der Waals surface area contributed by atoms with Crippen molar-refractivity contribution in [3.63, 3.8) is 0 Å². The summed E-state index contributed by atoms with van der Waals surface area (Å²) in [5, 5.41) is 2.46. The van der Waals surface area contributed by atoms with Crippen LogP contribution in [0.25, 0.3) is 0 Å². The number of aromatic nitrogens is 2. The molecule has 1 aliphatic heterocycles. The van der Waals surface area contributed by atoms with Crippen molar-refractivity contribution >= 4 is 17.4 Å². The van der Waals surface area contributed by atoms with Crippen LogP contribution in [0.5, 0.6) is 6.01 Å². The molecule has 0 aliphatic carbocycles. The van der Waals surface area contributed by atoms with E-state index in [4.69, 9.17) is 21.1 Å². The summed E-state index contributed by atoms with van der Waals surface area (Å²) in [6, 6.07) is 0.292. The number of ether oxygens (including phenoxy) is 2. The fraction of sp³-hybridized carbons (Fsp3) is 0.556. The SMILES string of the molecule is COc1ncc(Cl)c(NN2CCOCC2)n1. The predicted molar refractivity (Wildman–Crippen MR) is 59.6 cm³/mol. The molecular formula is C9H13ClN4O2. The van der Waals surface area contributed by atoms with E-state index in [2.05, 4.69) is 15.4 Å². The van der Waals surface area contributed by atoms with Gasteiger partial charge in [-0.2, -0.15) is 4.98 Å². The van der Waals surface area contributed by atoms with Crippen LogP contribution in [-0.4, -0.2) is 48.4 Å². The third kappa shape index (κ3) is 2.72. The molecule has 0 bridgehead atoms. The van der Waals surface area contributed by atoms with Crippen molar-refractivity contribution in [3.8, 4) is 6.01 Å². The smallest absolute Gasteiger partial charge is 0.318 e. The van der Waals surface area contributed by atoms with Gasteiger partial charge in [0.15, 0.2) is 5.82 Å². The summed E-state index contributed by atoms with van der Waals surface area (Å²) in [6.07, 6.45) is 1.51. The average molecular weight is 245 g/mol. The number of halogens is 1. The second kappa shape index (κ2) is 5.29. The van der Waals surface area contributed by atoms with Gasteiger partial charge in [0.1, 0.15) is 5.02 Å². The maximum absolute atomic E-state index is 5.97. The van der Waals surface area contributed by atoms with Gasteiger partial charge in [-0.05, 0) is 0 Å². The molecule has 0 radical (unpaired) electrons. The van der Waals surface area contributed by atoms with E-state index in [-0.39, 0.29) is 0 Å². The Kier molecular flexibility index (Phi) is 3.76. The minimum atomic E-state index is 0.292. The first kappa shape index (κ1) is 11.4. The molecule has 2 heterocycles. The van der Waals surface area contributed by atoms with Crippen molar-refractivity contribution in [2.45, 2.75) is 0 Å². The molecule has 7 heteroatoms. The maximum atomic E-state index is 5.97. The molecule has 0 atom stereocenters. The Morgan fingerprint density at radius 1 is 1.50 bits per heavy atom. The average Bonchev–Trinajstić information content (AvgIpc) is 2.33. The minimum Gasteiger partial charge on any atom is -0.467 e. The molecule has 0 unspecified atom stereocenters. The molecule has 1 aliphatic rings. The van der Waals surface area contributed by atoms with E-state index in [0.717, 1.165) is 13.1 Å². The molecule has 16 heavy (non-hydrogen) atoms. The van der Waals surface area contributed by atoms with Crippen LogP contribution >= 0.6 is 11.6 Å². The van der Waals surface area contributed by atoms with Crippen LogP contribution in [0.15, 0.2) is 6.20 Å². The van der Waals surface area contributed by atoms with Crippen LogP contribution in [0.3, 0.4) is 0 Å². The molecule has 1 aromatic rings. The van der Waals surface area contributed by atoms with Crippen LogP contribution in [0.1, 0.15) is 0 Å². The summed E-state index contributed by atoms with van der Waals surface area (Å²) in [5.41, 5.74) is 3.11. The predicted octanol–water partition coefficient (Wildman–Crippen LogP) is 0.798. The first-order chi connectivity index (χ1) is 7.79. The summed E-state index contributed by atoms with van der Waals surface area (Å²) >= 11 is 5.97. The van der Waals surface area contributed by atoms with Crippen molar-refractivity contribution in [3.05, 3.63) is 11.2 Å². The van der Waals surface area contributed by atoms with Crippen LogP contribution in [0.2, 0.25) is 5.02 Å². The summed E-state index contributed by atoms with van der Waals surface area (Å²) in [6.45, 7) is 2.99. The quantitative estimate of drug-likeness (QED) is 0.849. The molecular weight excluding hydrogens is 232 g/mol. The number of anilines is 1. The Balaban J connectivity index is 2.06. The highest BCUT2D eigenvalue weighted by molar-refractivity contribution is 6.32. The molecule has 6 nitrogen and oxygen atoms in total. The van der Waals surface area contributed by atoms with Gasteiger partial charge in [0, 0.05) is 13.1 Å². The standard InChI is InChI=1S/C9H13ClN4O2/c1-15-9-11-6-7(10)8(12-9)13-14-2-4-16-5-3-14/h6H,2-5H2,1H3,(H,11,12,13). The zero-order valence-corrected chi connectivity index (χ0v) is 9.70. The Bertz CT molecular complexity index is 357. The zero-order chi connectivity index (χ0) is 11.4. The first-order valence-corrected chi connectivity index (χ1v) is 5.33. The summed E-state index contributed by atoms with van der Waals surface area (Å²) in [5.74, 6) is 0.551. The number of methoxy groups -OCH3 is 1. The van der Waals surface area contributed by atoms with Crippen LogP contribution in [-0.2, 0) is 4.74 Å². The summed E-state index contributed by atoms with van der Waals surface area (Å²) < 4.78 is 10.2. The number of hydrogen-bond acceptors (Lipinski definition) is 6. The Morgan fingerprint density at radius 2 is 2.25 bits per heavy atom. The molecule has 0 saturated carbocycles. The number of rotatable bonds is 3. The van der Waals surface area contributed by atoms with Gasteiger partial charge in [-0.3, -0.25) is 0 Å². The van der Waals surface area contributed by atoms with Gasteiger partial charge in [-0.25, -0.2) is 9.99 Å². The lowest BCUT2D eigenvalue weighted by Crippen LogP contribution is -2.40. The molecule has 1 N–H and O–H groups in total. The lowest BCUT2D eigenvalue weighted by Gasteiger charge is -2.27. The van der Waals surface area contributed by atoms with Gasteiger partial charge in [0.25, 0.3) is 0 Å². The second-order valence-electron chi connectivity index (χ2n) is 3.26. The highest BCUT2D eigenvalue weighted by atomic mass is 35.5. The Morgan fingerprint density at radius 3 is 2.94 bits per heavy atom. The number of hydrogen-bond donors (Lipinski definition) is 1. The number of nitrogens with one attached hydrogen (secondary N) is 1. The molecule has 1 saturated heterocycles.